The lowest BCUT2D eigenvalue weighted by Crippen LogP contribution is -2.52. The number of hydrogen-bond acceptors (Lipinski definition) is 6. The Bertz CT molecular complexity index is 1500. The molecule has 0 aliphatic carbocycles. The monoisotopic (exact) mass is 649 g/mol. The summed E-state index contributed by atoms with van der Waals surface area (Å²) in [6.07, 6.45) is 0.256. The van der Waals surface area contributed by atoms with Crippen LogP contribution in [0.1, 0.15) is 32.8 Å². The molecule has 1 atom stereocenters. The minimum absolute atomic E-state index is 0.0323. The summed E-state index contributed by atoms with van der Waals surface area (Å²) in [5.74, 6) is -0.280. The number of halogens is 2. The van der Waals surface area contributed by atoms with Crippen LogP contribution in [0.4, 0.5) is 5.69 Å². The highest BCUT2D eigenvalue weighted by molar-refractivity contribution is 7.92. The Morgan fingerprint density at radius 1 is 0.930 bits per heavy atom. The highest BCUT2D eigenvalue weighted by Gasteiger charge is 2.35. The van der Waals surface area contributed by atoms with E-state index in [1.54, 1.807) is 55.5 Å². The molecule has 0 aromatic heterocycles. The zero-order valence-corrected chi connectivity index (χ0v) is 27.2. The first-order valence-electron chi connectivity index (χ1n) is 13.7. The van der Waals surface area contributed by atoms with Crippen LogP contribution in [0.2, 0.25) is 10.0 Å². The van der Waals surface area contributed by atoms with Gasteiger partial charge in [0.15, 0.2) is 0 Å². The number of methoxy groups -OCH3 is 2. The molecule has 3 rings (SSSR count). The molecule has 1 N–H and O–H groups in total. The molecule has 0 aliphatic rings. The number of nitrogens with one attached hydrogen (secondary N) is 1. The molecule has 3 aromatic rings. The molecule has 0 radical (unpaired) electrons. The molecular formula is C31H37Cl2N3O6S. The first-order chi connectivity index (χ1) is 20.4. The number of rotatable bonds is 14. The number of amides is 2. The number of hydrogen-bond donors (Lipinski definition) is 1. The maximum atomic E-state index is 14.3. The van der Waals surface area contributed by atoms with Crippen LogP contribution in [0.25, 0.3) is 0 Å². The molecule has 0 unspecified atom stereocenters. The first-order valence-corrected chi connectivity index (χ1v) is 15.9. The summed E-state index contributed by atoms with van der Waals surface area (Å²) in [6, 6.07) is 16.4. The van der Waals surface area contributed by atoms with Gasteiger partial charge in [-0.25, -0.2) is 8.42 Å². The molecule has 43 heavy (non-hydrogen) atoms. The average Bonchev–Trinajstić information content (AvgIpc) is 2.99. The van der Waals surface area contributed by atoms with Gasteiger partial charge in [0.05, 0.1) is 24.8 Å². The SMILES string of the molecule is CC[C@H](C(=O)NCC(C)C)N(Cc1c(Cl)cccc1Cl)C(=O)CN(c1cc(OC)ccc1OC)S(=O)(=O)c1ccccc1. The van der Waals surface area contributed by atoms with Crippen molar-refractivity contribution >= 4 is 50.7 Å². The van der Waals surface area contributed by atoms with Crippen molar-refractivity contribution in [3.05, 3.63) is 82.3 Å². The van der Waals surface area contributed by atoms with Crippen molar-refractivity contribution in [2.75, 3.05) is 31.6 Å². The Balaban J connectivity index is 2.16. The topological polar surface area (TPSA) is 105 Å². The number of nitrogens with zero attached hydrogens (tertiary/aromatic N) is 2. The second-order valence-electron chi connectivity index (χ2n) is 10.1. The van der Waals surface area contributed by atoms with E-state index < -0.39 is 28.5 Å². The molecule has 0 bridgehead atoms. The lowest BCUT2D eigenvalue weighted by Gasteiger charge is -2.34. The summed E-state index contributed by atoms with van der Waals surface area (Å²) in [4.78, 5) is 29.0. The first kappa shape index (κ1) is 34.0. The van der Waals surface area contributed by atoms with Crippen molar-refractivity contribution in [2.45, 2.75) is 44.7 Å². The smallest absolute Gasteiger partial charge is 0.264 e. The molecule has 0 aliphatic heterocycles. The van der Waals surface area contributed by atoms with E-state index in [9.17, 15) is 18.0 Å². The van der Waals surface area contributed by atoms with E-state index in [2.05, 4.69) is 5.32 Å². The third-order valence-corrected chi connectivity index (χ3v) is 9.21. The molecule has 2 amide bonds. The molecule has 0 saturated carbocycles. The summed E-state index contributed by atoms with van der Waals surface area (Å²) in [5, 5.41) is 3.51. The normalized spacial score (nSPS) is 12.0. The standard InChI is InChI=1S/C31H37Cl2N3O6S/c1-6-27(31(38)34-18-21(2)3)35(19-24-25(32)13-10-14-26(24)33)30(37)20-36(43(39,40)23-11-8-7-9-12-23)28-17-22(41-4)15-16-29(28)42-5/h7-17,21,27H,6,18-20H2,1-5H3,(H,34,38)/t27-/m1/s1. The predicted molar refractivity (Wildman–Crippen MR) is 169 cm³/mol. The zero-order chi connectivity index (χ0) is 31.7. The third-order valence-electron chi connectivity index (χ3n) is 6.73. The van der Waals surface area contributed by atoms with E-state index in [1.807, 2.05) is 13.8 Å². The Morgan fingerprint density at radius 3 is 2.14 bits per heavy atom. The van der Waals surface area contributed by atoms with Crippen LogP contribution < -0.4 is 19.1 Å². The number of ether oxygens (including phenoxy) is 2. The van der Waals surface area contributed by atoms with Crippen LogP contribution in [0.5, 0.6) is 11.5 Å². The molecule has 0 fully saturated rings. The van der Waals surface area contributed by atoms with E-state index in [4.69, 9.17) is 32.7 Å². The van der Waals surface area contributed by atoms with Gasteiger partial charge in [-0.3, -0.25) is 13.9 Å². The largest absolute Gasteiger partial charge is 0.497 e. The van der Waals surface area contributed by atoms with Gasteiger partial charge in [0.25, 0.3) is 10.0 Å². The Kier molecular flexibility index (Phi) is 12.1. The van der Waals surface area contributed by atoms with E-state index in [-0.39, 0.29) is 41.1 Å². The fourth-order valence-corrected chi connectivity index (χ4v) is 6.37. The second-order valence-corrected chi connectivity index (χ2v) is 12.8. The van der Waals surface area contributed by atoms with Gasteiger partial charge >= 0.3 is 0 Å². The second kappa shape index (κ2) is 15.3. The Morgan fingerprint density at radius 2 is 1.58 bits per heavy atom. The van der Waals surface area contributed by atoms with Crippen LogP contribution in [-0.2, 0) is 26.2 Å². The number of carbonyl (C=O) groups excluding carboxylic acids is 2. The Labute approximate surface area is 263 Å². The molecule has 0 heterocycles. The van der Waals surface area contributed by atoms with Gasteiger partial charge in [0.1, 0.15) is 24.1 Å². The maximum absolute atomic E-state index is 14.3. The minimum atomic E-state index is -4.31. The molecular weight excluding hydrogens is 613 g/mol. The fraction of sp³-hybridized carbons (Fsp3) is 0.355. The van der Waals surface area contributed by atoms with Gasteiger partial charge in [-0.1, -0.05) is 68.2 Å². The number of carbonyl (C=O) groups is 2. The maximum Gasteiger partial charge on any atom is 0.264 e. The molecule has 232 valence electrons. The lowest BCUT2D eigenvalue weighted by atomic mass is 10.1. The van der Waals surface area contributed by atoms with Gasteiger partial charge in [0, 0.05) is 34.8 Å². The van der Waals surface area contributed by atoms with E-state index >= 15 is 0 Å². The molecule has 0 spiro atoms. The van der Waals surface area contributed by atoms with Crippen LogP contribution in [0.3, 0.4) is 0 Å². The van der Waals surface area contributed by atoms with Crippen molar-refractivity contribution < 1.29 is 27.5 Å². The molecule has 12 heteroatoms. The van der Waals surface area contributed by atoms with Crippen molar-refractivity contribution in [2.24, 2.45) is 5.92 Å². The van der Waals surface area contributed by atoms with E-state index in [1.165, 1.54) is 37.3 Å². The minimum Gasteiger partial charge on any atom is -0.497 e. The number of anilines is 1. The summed E-state index contributed by atoms with van der Waals surface area (Å²) in [5.41, 5.74) is 0.526. The van der Waals surface area contributed by atoms with Crippen molar-refractivity contribution in [3.63, 3.8) is 0 Å². The molecule has 9 nitrogen and oxygen atoms in total. The zero-order valence-electron chi connectivity index (χ0n) is 24.8. The van der Waals surface area contributed by atoms with E-state index in [0.717, 1.165) is 4.31 Å². The molecule has 0 saturated heterocycles. The molecule has 3 aromatic carbocycles. The van der Waals surface area contributed by atoms with Gasteiger partial charge in [-0.15, -0.1) is 0 Å². The van der Waals surface area contributed by atoms with Gasteiger partial charge < -0.3 is 19.7 Å². The third kappa shape index (κ3) is 8.34. The average molecular weight is 651 g/mol. The highest BCUT2D eigenvalue weighted by atomic mass is 35.5. The summed E-state index contributed by atoms with van der Waals surface area (Å²) in [7, 11) is -1.46. The summed E-state index contributed by atoms with van der Waals surface area (Å²) < 4.78 is 40.1. The lowest BCUT2D eigenvalue weighted by molar-refractivity contribution is -0.140. The van der Waals surface area contributed by atoms with Gasteiger partial charge in [-0.2, -0.15) is 0 Å². The van der Waals surface area contributed by atoms with Gasteiger partial charge in [0.2, 0.25) is 11.8 Å². The highest BCUT2D eigenvalue weighted by Crippen LogP contribution is 2.36. The fourth-order valence-electron chi connectivity index (χ4n) is 4.42. The van der Waals surface area contributed by atoms with Crippen LogP contribution in [0.15, 0.2) is 71.6 Å². The summed E-state index contributed by atoms with van der Waals surface area (Å²) >= 11 is 13.0. The van der Waals surface area contributed by atoms with Crippen molar-refractivity contribution in [1.82, 2.24) is 10.2 Å². The predicted octanol–water partition coefficient (Wildman–Crippen LogP) is 5.79. The van der Waals surface area contributed by atoms with Crippen molar-refractivity contribution in [3.8, 4) is 11.5 Å². The Hall–Kier alpha value is -3.47. The van der Waals surface area contributed by atoms with Crippen LogP contribution in [-0.4, -0.2) is 58.5 Å². The van der Waals surface area contributed by atoms with Crippen molar-refractivity contribution in [1.29, 1.82) is 0 Å². The van der Waals surface area contributed by atoms with Gasteiger partial charge in [-0.05, 0) is 48.7 Å². The number of sulfonamides is 1. The van der Waals surface area contributed by atoms with E-state index in [0.29, 0.717) is 27.9 Å². The summed E-state index contributed by atoms with van der Waals surface area (Å²) in [6.45, 7) is 5.32. The van der Waals surface area contributed by atoms with Crippen LogP contribution >= 0.6 is 23.2 Å². The number of benzene rings is 3. The van der Waals surface area contributed by atoms with Crippen LogP contribution in [0, 0.1) is 5.92 Å². The quantitative estimate of drug-likeness (QED) is 0.237.